The Labute approximate surface area is 113 Å². The first-order chi connectivity index (χ1) is 9.22. The fourth-order valence-corrected chi connectivity index (χ4v) is 2.61. The molecule has 0 radical (unpaired) electrons. The maximum absolute atomic E-state index is 5.26. The van der Waals surface area contributed by atoms with Gasteiger partial charge in [-0.05, 0) is 13.3 Å². The molecule has 0 aromatic rings. The Morgan fingerprint density at radius 3 is 2.89 bits per heavy atom. The molecule has 0 aliphatic carbocycles. The van der Waals surface area contributed by atoms with E-state index in [1.807, 2.05) is 6.20 Å². The fourth-order valence-electron chi connectivity index (χ4n) is 2.61. The number of azo groups is 1. The molecule has 0 aromatic carbocycles. The van der Waals surface area contributed by atoms with Crippen molar-refractivity contribution in [1.29, 1.82) is 0 Å². The van der Waals surface area contributed by atoms with E-state index < -0.39 is 0 Å². The smallest absolute Gasteiger partial charge is 0.176 e. The molecule has 0 amide bonds. The van der Waals surface area contributed by atoms with E-state index in [4.69, 9.17) is 4.84 Å². The Hall–Kier alpha value is -1.82. The zero-order valence-electron chi connectivity index (χ0n) is 11.6. The molecule has 0 unspecified atom stereocenters. The lowest BCUT2D eigenvalue weighted by Gasteiger charge is -2.37. The molecule has 0 N–H and O–H groups in total. The van der Waals surface area contributed by atoms with Gasteiger partial charge in [0.15, 0.2) is 5.82 Å². The Balaban J connectivity index is 1.94. The number of hydrogen-bond donors (Lipinski definition) is 0. The van der Waals surface area contributed by atoms with Crippen LogP contribution in [0.15, 0.2) is 45.5 Å². The van der Waals surface area contributed by atoms with Crippen molar-refractivity contribution < 1.29 is 4.84 Å². The van der Waals surface area contributed by atoms with Crippen molar-refractivity contribution in [2.45, 2.75) is 26.7 Å². The normalized spacial score (nSPS) is 21.5. The standard InChI is InChI=1S/C13H19N5O/c1-4-5-16-7-10(2)6-11-13(16)18-9-17(19-3)8-12(18)15-14-11/h7-8H,4-6,9H2,1-3H3. The average molecular weight is 261 g/mol. The number of allylic oxidation sites excluding steroid dienone is 1. The Morgan fingerprint density at radius 2 is 2.16 bits per heavy atom. The molecule has 0 saturated carbocycles. The summed E-state index contributed by atoms with van der Waals surface area (Å²) in [6.07, 6.45) is 6.06. The van der Waals surface area contributed by atoms with E-state index in [0.29, 0.717) is 6.67 Å². The predicted molar refractivity (Wildman–Crippen MR) is 70.9 cm³/mol. The fraction of sp³-hybridized carbons (Fsp3) is 0.538. The molecule has 6 heteroatoms. The Bertz CT molecular complexity index is 505. The third-order valence-electron chi connectivity index (χ3n) is 3.40. The number of fused-ring (bicyclic) bond motifs is 2. The van der Waals surface area contributed by atoms with E-state index in [0.717, 1.165) is 36.7 Å². The van der Waals surface area contributed by atoms with Crippen LogP contribution >= 0.6 is 0 Å². The van der Waals surface area contributed by atoms with Gasteiger partial charge >= 0.3 is 0 Å². The summed E-state index contributed by atoms with van der Waals surface area (Å²) in [4.78, 5) is 9.69. The third-order valence-corrected chi connectivity index (χ3v) is 3.40. The summed E-state index contributed by atoms with van der Waals surface area (Å²) in [6.45, 7) is 5.97. The highest BCUT2D eigenvalue weighted by atomic mass is 16.7. The van der Waals surface area contributed by atoms with Crippen LogP contribution in [0.4, 0.5) is 0 Å². The Kier molecular flexibility index (Phi) is 3.02. The van der Waals surface area contributed by atoms with Crippen LogP contribution in [-0.4, -0.2) is 35.2 Å². The third kappa shape index (κ3) is 2.02. The molecule has 3 aliphatic rings. The van der Waals surface area contributed by atoms with Gasteiger partial charge < -0.3 is 4.90 Å². The zero-order valence-corrected chi connectivity index (χ0v) is 11.6. The first kappa shape index (κ1) is 12.2. The lowest BCUT2D eigenvalue weighted by molar-refractivity contribution is -0.0969. The number of rotatable bonds is 3. The number of nitrogens with zero attached hydrogens (tertiary/aromatic N) is 5. The first-order valence-corrected chi connectivity index (χ1v) is 6.62. The lowest BCUT2D eigenvalue weighted by atomic mass is 10.1. The summed E-state index contributed by atoms with van der Waals surface area (Å²) in [5, 5.41) is 10.4. The van der Waals surface area contributed by atoms with E-state index in [2.05, 4.69) is 40.1 Å². The van der Waals surface area contributed by atoms with Crippen molar-refractivity contribution in [1.82, 2.24) is 14.9 Å². The van der Waals surface area contributed by atoms with E-state index >= 15 is 0 Å². The monoisotopic (exact) mass is 261 g/mol. The summed E-state index contributed by atoms with van der Waals surface area (Å²) in [7, 11) is 1.66. The van der Waals surface area contributed by atoms with Gasteiger partial charge in [0.25, 0.3) is 0 Å². The summed E-state index contributed by atoms with van der Waals surface area (Å²) >= 11 is 0. The van der Waals surface area contributed by atoms with Crippen molar-refractivity contribution in [3.05, 3.63) is 35.3 Å². The van der Waals surface area contributed by atoms with Crippen LogP contribution in [0, 0.1) is 0 Å². The highest BCUT2D eigenvalue weighted by molar-refractivity contribution is 5.31. The molecular weight excluding hydrogens is 242 g/mol. The molecule has 0 saturated heterocycles. The van der Waals surface area contributed by atoms with Gasteiger partial charge in [0.1, 0.15) is 18.2 Å². The van der Waals surface area contributed by atoms with E-state index in [1.165, 1.54) is 5.57 Å². The molecular formula is C13H19N5O. The Morgan fingerprint density at radius 1 is 1.32 bits per heavy atom. The minimum absolute atomic E-state index is 0.663. The van der Waals surface area contributed by atoms with Gasteiger partial charge in [0, 0.05) is 19.2 Å². The van der Waals surface area contributed by atoms with Crippen LogP contribution in [0.3, 0.4) is 0 Å². The molecule has 19 heavy (non-hydrogen) atoms. The van der Waals surface area contributed by atoms with Crippen LogP contribution in [-0.2, 0) is 4.84 Å². The van der Waals surface area contributed by atoms with Gasteiger partial charge in [-0.2, -0.15) is 0 Å². The van der Waals surface area contributed by atoms with Crippen molar-refractivity contribution >= 4 is 0 Å². The van der Waals surface area contributed by atoms with Crippen molar-refractivity contribution in [3.8, 4) is 0 Å². The maximum atomic E-state index is 5.26. The SMILES string of the molecule is CCCN1C=C(C)CC2=C1N1CN(OC)C=C1N=N2. The zero-order chi connectivity index (χ0) is 13.4. The second kappa shape index (κ2) is 4.70. The molecule has 0 atom stereocenters. The molecule has 0 fully saturated rings. The predicted octanol–water partition coefficient (Wildman–Crippen LogP) is 2.58. The number of hydrogen-bond acceptors (Lipinski definition) is 6. The molecule has 3 heterocycles. The van der Waals surface area contributed by atoms with Crippen molar-refractivity contribution in [2.75, 3.05) is 20.3 Å². The number of hydroxylamine groups is 2. The highest BCUT2D eigenvalue weighted by Gasteiger charge is 2.34. The second-order valence-electron chi connectivity index (χ2n) is 4.97. The van der Waals surface area contributed by atoms with Crippen LogP contribution in [0.1, 0.15) is 26.7 Å². The van der Waals surface area contributed by atoms with Gasteiger partial charge in [-0.25, -0.2) is 5.06 Å². The van der Waals surface area contributed by atoms with Crippen LogP contribution in [0.2, 0.25) is 0 Å². The van der Waals surface area contributed by atoms with E-state index in [9.17, 15) is 0 Å². The summed E-state index contributed by atoms with van der Waals surface area (Å²) in [5.74, 6) is 1.99. The van der Waals surface area contributed by atoms with Crippen LogP contribution in [0.5, 0.6) is 0 Å². The van der Waals surface area contributed by atoms with Crippen LogP contribution in [0.25, 0.3) is 0 Å². The quantitative estimate of drug-likeness (QED) is 0.783. The highest BCUT2D eigenvalue weighted by Crippen LogP contribution is 2.36. The lowest BCUT2D eigenvalue weighted by Crippen LogP contribution is -2.37. The van der Waals surface area contributed by atoms with E-state index in [-0.39, 0.29) is 0 Å². The van der Waals surface area contributed by atoms with Gasteiger partial charge in [0.2, 0.25) is 0 Å². The van der Waals surface area contributed by atoms with Gasteiger partial charge in [0.05, 0.1) is 13.3 Å². The first-order valence-electron chi connectivity index (χ1n) is 6.62. The minimum atomic E-state index is 0.663. The van der Waals surface area contributed by atoms with Gasteiger partial charge in [-0.1, -0.05) is 12.5 Å². The van der Waals surface area contributed by atoms with Gasteiger partial charge in [-0.3, -0.25) is 9.74 Å². The second-order valence-corrected chi connectivity index (χ2v) is 4.97. The maximum Gasteiger partial charge on any atom is 0.176 e. The average Bonchev–Trinajstić information content (AvgIpc) is 2.81. The molecule has 0 bridgehead atoms. The van der Waals surface area contributed by atoms with E-state index in [1.54, 1.807) is 12.2 Å². The van der Waals surface area contributed by atoms with Crippen molar-refractivity contribution in [2.24, 2.45) is 10.2 Å². The summed E-state index contributed by atoms with van der Waals surface area (Å²) in [5.41, 5.74) is 2.37. The molecule has 3 aliphatic heterocycles. The molecule has 0 aromatic heterocycles. The minimum Gasteiger partial charge on any atom is -0.333 e. The van der Waals surface area contributed by atoms with Gasteiger partial charge in [-0.15, -0.1) is 10.2 Å². The molecule has 6 nitrogen and oxygen atoms in total. The summed E-state index contributed by atoms with van der Waals surface area (Å²) in [6, 6.07) is 0. The molecule has 3 rings (SSSR count). The summed E-state index contributed by atoms with van der Waals surface area (Å²) < 4.78 is 0. The van der Waals surface area contributed by atoms with Crippen LogP contribution < -0.4 is 0 Å². The largest absolute Gasteiger partial charge is 0.333 e. The molecule has 102 valence electrons. The molecule has 0 spiro atoms. The van der Waals surface area contributed by atoms with Crippen molar-refractivity contribution in [3.63, 3.8) is 0 Å². The topological polar surface area (TPSA) is 43.7 Å².